The number of nitrogens with one attached hydrogen (secondary N) is 1. The molecule has 96 valence electrons. The van der Waals surface area contributed by atoms with E-state index in [1.165, 1.54) is 0 Å². The first-order chi connectivity index (χ1) is 8.05. The van der Waals surface area contributed by atoms with Crippen molar-refractivity contribution in [2.24, 2.45) is 18.2 Å². The Kier molecular flexibility index (Phi) is 3.26. The SMILES string of the molecule is COc1cc(NCC2(C)COCC2N)nn1C. The zero-order chi connectivity index (χ0) is 12.5. The first kappa shape index (κ1) is 12.2. The highest BCUT2D eigenvalue weighted by atomic mass is 16.5. The molecule has 2 rings (SSSR count). The molecule has 0 amide bonds. The van der Waals surface area contributed by atoms with E-state index in [0.29, 0.717) is 13.2 Å². The van der Waals surface area contributed by atoms with Gasteiger partial charge in [0.15, 0.2) is 5.82 Å². The van der Waals surface area contributed by atoms with Crippen molar-refractivity contribution in [1.29, 1.82) is 0 Å². The lowest BCUT2D eigenvalue weighted by Gasteiger charge is -2.26. The van der Waals surface area contributed by atoms with E-state index in [1.54, 1.807) is 11.8 Å². The fourth-order valence-corrected chi connectivity index (χ4v) is 1.93. The smallest absolute Gasteiger partial charge is 0.213 e. The van der Waals surface area contributed by atoms with Gasteiger partial charge in [-0.1, -0.05) is 6.92 Å². The lowest BCUT2D eigenvalue weighted by Crippen LogP contribution is -2.43. The summed E-state index contributed by atoms with van der Waals surface area (Å²) >= 11 is 0. The molecule has 1 aliphatic rings. The summed E-state index contributed by atoms with van der Waals surface area (Å²) in [5.74, 6) is 1.52. The molecule has 0 spiro atoms. The van der Waals surface area contributed by atoms with Crippen LogP contribution in [0.2, 0.25) is 0 Å². The van der Waals surface area contributed by atoms with Crippen LogP contribution in [-0.4, -0.2) is 42.7 Å². The molecule has 1 aliphatic heterocycles. The van der Waals surface area contributed by atoms with E-state index >= 15 is 0 Å². The van der Waals surface area contributed by atoms with Crippen molar-refractivity contribution in [3.05, 3.63) is 6.07 Å². The van der Waals surface area contributed by atoms with Crippen molar-refractivity contribution < 1.29 is 9.47 Å². The highest BCUT2D eigenvalue weighted by Crippen LogP contribution is 2.27. The molecule has 6 nitrogen and oxygen atoms in total. The van der Waals surface area contributed by atoms with E-state index in [-0.39, 0.29) is 11.5 Å². The largest absolute Gasteiger partial charge is 0.481 e. The number of nitrogens with two attached hydrogens (primary N) is 1. The standard InChI is InChI=1S/C11H20N4O2/c1-11(7-17-5-8(11)12)6-13-9-4-10(16-3)15(2)14-9/h4,8H,5-7,12H2,1-3H3,(H,13,14). The molecule has 1 aromatic rings. The average molecular weight is 240 g/mol. The molecule has 1 fully saturated rings. The number of ether oxygens (including phenoxy) is 2. The lowest BCUT2D eigenvalue weighted by molar-refractivity contribution is 0.164. The van der Waals surface area contributed by atoms with Crippen LogP contribution in [0.4, 0.5) is 5.82 Å². The molecule has 0 bridgehead atoms. The third-order valence-electron chi connectivity index (χ3n) is 3.34. The number of aryl methyl sites for hydroxylation is 1. The van der Waals surface area contributed by atoms with Gasteiger partial charge in [0.2, 0.25) is 5.88 Å². The second kappa shape index (κ2) is 4.54. The number of anilines is 1. The van der Waals surface area contributed by atoms with Crippen molar-refractivity contribution in [3.8, 4) is 5.88 Å². The predicted octanol–water partition coefficient (Wildman–Crippen LogP) is 0.204. The van der Waals surface area contributed by atoms with Gasteiger partial charge in [0.05, 0.1) is 20.3 Å². The molecule has 3 N–H and O–H groups in total. The van der Waals surface area contributed by atoms with Crippen LogP contribution in [-0.2, 0) is 11.8 Å². The Bertz CT molecular complexity index is 393. The normalized spacial score (nSPS) is 28.4. The average Bonchev–Trinajstić information content (AvgIpc) is 2.81. The van der Waals surface area contributed by atoms with Gasteiger partial charge < -0.3 is 20.5 Å². The summed E-state index contributed by atoms with van der Waals surface area (Å²) in [7, 11) is 3.47. The number of aromatic nitrogens is 2. The van der Waals surface area contributed by atoms with Crippen molar-refractivity contribution >= 4 is 5.82 Å². The Hall–Kier alpha value is -1.27. The first-order valence-corrected chi connectivity index (χ1v) is 5.70. The molecule has 0 radical (unpaired) electrons. The van der Waals surface area contributed by atoms with Crippen LogP contribution in [0.3, 0.4) is 0 Å². The van der Waals surface area contributed by atoms with Crippen LogP contribution in [0.25, 0.3) is 0 Å². The van der Waals surface area contributed by atoms with Gasteiger partial charge >= 0.3 is 0 Å². The molecule has 6 heteroatoms. The zero-order valence-corrected chi connectivity index (χ0v) is 10.6. The number of hydrogen-bond acceptors (Lipinski definition) is 5. The first-order valence-electron chi connectivity index (χ1n) is 5.70. The van der Waals surface area contributed by atoms with Crippen LogP contribution in [0, 0.1) is 5.41 Å². The maximum absolute atomic E-state index is 6.02. The summed E-state index contributed by atoms with van der Waals surface area (Å²) in [6.45, 7) is 4.18. The van der Waals surface area contributed by atoms with Crippen LogP contribution in [0.15, 0.2) is 6.07 Å². The molecule has 1 aromatic heterocycles. The predicted molar refractivity (Wildman–Crippen MR) is 65.2 cm³/mol. The Labute approximate surface area is 101 Å². The van der Waals surface area contributed by atoms with Gasteiger partial charge in [0, 0.05) is 31.1 Å². The number of nitrogens with zero attached hydrogens (tertiary/aromatic N) is 2. The van der Waals surface area contributed by atoms with Gasteiger partial charge in [-0.25, -0.2) is 4.68 Å². The van der Waals surface area contributed by atoms with E-state index in [1.807, 2.05) is 13.1 Å². The molecule has 17 heavy (non-hydrogen) atoms. The third-order valence-corrected chi connectivity index (χ3v) is 3.34. The minimum Gasteiger partial charge on any atom is -0.481 e. The Morgan fingerprint density at radius 2 is 2.53 bits per heavy atom. The van der Waals surface area contributed by atoms with Crippen LogP contribution in [0.1, 0.15) is 6.92 Å². The molecule has 2 unspecified atom stereocenters. The van der Waals surface area contributed by atoms with Crippen LogP contribution in [0.5, 0.6) is 5.88 Å². The summed E-state index contributed by atoms with van der Waals surface area (Å²) in [6.07, 6.45) is 0. The lowest BCUT2D eigenvalue weighted by atomic mass is 9.86. The molecule has 0 aromatic carbocycles. The van der Waals surface area contributed by atoms with Gasteiger partial charge in [-0.3, -0.25) is 0 Å². The fourth-order valence-electron chi connectivity index (χ4n) is 1.93. The zero-order valence-electron chi connectivity index (χ0n) is 10.6. The minimum atomic E-state index is -0.0369. The van der Waals surface area contributed by atoms with Gasteiger partial charge in [0.25, 0.3) is 0 Å². The topological polar surface area (TPSA) is 74.3 Å². The summed E-state index contributed by atoms with van der Waals surface area (Å²) < 4.78 is 12.2. The van der Waals surface area contributed by atoms with Crippen LogP contribution >= 0.6 is 0 Å². The fraction of sp³-hybridized carbons (Fsp3) is 0.727. The van der Waals surface area contributed by atoms with E-state index in [9.17, 15) is 0 Å². The second-order valence-corrected chi connectivity index (χ2v) is 4.82. The summed E-state index contributed by atoms with van der Waals surface area (Å²) in [6, 6.07) is 1.94. The van der Waals surface area contributed by atoms with Crippen LogP contribution < -0.4 is 15.8 Å². The molecule has 2 atom stereocenters. The van der Waals surface area contributed by atoms with E-state index in [4.69, 9.17) is 15.2 Å². The summed E-state index contributed by atoms with van der Waals surface area (Å²) in [5.41, 5.74) is 5.99. The maximum Gasteiger partial charge on any atom is 0.213 e. The molecule has 0 aliphatic carbocycles. The Morgan fingerprint density at radius 1 is 1.76 bits per heavy atom. The van der Waals surface area contributed by atoms with Gasteiger partial charge in [-0.15, -0.1) is 0 Å². The number of hydrogen-bond donors (Lipinski definition) is 2. The highest BCUT2D eigenvalue weighted by molar-refractivity contribution is 5.39. The second-order valence-electron chi connectivity index (χ2n) is 4.82. The Morgan fingerprint density at radius 3 is 3.06 bits per heavy atom. The summed E-state index contributed by atoms with van der Waals surface area (Å²) in [5, 5.41) is 7.58. The van der Waals surface area contributed by atoms with Crippen molar-refractivity contribution in [3.63, 3.8) is 0 Å². The molecule has 0 saturated carbocycles. The number of rotatable bonds is 4. The minimum absolute atomic E-state index is 0.0369. The molecule has 1 saturated heterocycles. The van der Waals surface area contributed by atoms with Gasteiger partial charge in [-0.05, 0) is 0 Å². The van der Waals surface area contributed by atoms with E-state index in [0.717, 1.165) is 18.2 Å². The van der Waals surface area contributed by atoms with Crippen molar-refractivity contribution in [2.45, 2.75) is 13.0 Å². The molecule has 2 heterocycles. The monoisotopic (exact) mass is 240 g/mol. The highest BCUT2D eigenvalue weighted by Gasteiger charge is 2.37. The van der Waals surface area contributed by atoms with Gasteiger partial charge in [0.1, 0.15) is 0 Å². The van der Waals surface area contributed by atoms with Gasteiger partial charge in [-0.2, -0.15) is 5.10 Å². The maximum atomic E-state index is 6.02. The third kappa shape index (κ3) is 2.37. The van der Waals surface area contributed by atoms with Crippen molar-refractivity contribution in [1.82, 2.24) is 9.78 Å². The summed E-state index contributed by atoms with van der Waals surface area (Å²) in [4.78, 5) is 0. The number of methoxy groups -OCH3 is 1. The van der Waals surface area contributed by atoms with E-state index in [2.05, 4.69) is 17.3 Å². The van der Waals surface area contributed by atoms with Crippen molar-refractivity contribution in [2.75, 3.05) is 32.2 Å². The van der Waals surface area contributed by atoms with E-state index < -0.39 is 0 Å². The quantitative estimate of drug-likeness (QED) is 0.786. The molecular weight excluding hydrogens is 220 g/mol. The Balaban J connectivity index is 1.97. The molecular formula is C11H20N4O2.